The first-order chi connectivity index (χ1) is 8.97. The quantitative estimate of drug-likeness (QED) is 0.868. The van der Waals surface area contributed by atoms with Crippen molar-refractivity contribution >= 4 is 34.9 Å². The molecule has 0 atom stereocenters. The van der Waals surface area contributed by atoms with Crippen LogP contribution in [0.2, 0.25) is 0 Å². The first kappa shape index (κ1) is 13.8. The van der Waals surface area contributed by atoms with Crippen LogP contribution in [0.5, 0.6) is 0 Å². The van der Waals surface area contributed by atoms with Crippen molar-refractivity contribution in [3.63, 3.8) is 0 Å². The van der Waals surface area contributed by atoms with Gasteiger partial charge in [0.1, 0.15) is 10.7 Å². The van der Waals surface area contributed by atoms with Gasteiger partial charge in [-0.1, -0.05) is 17.8 Å². The van der Waals surface area contributed by atoms with Gasteiger partial charge >= 0.3 is 5.97 Å². The summed E-state index contributed by atoms with van der Waals surface area (Å²) < 4.78 is 13.8. The number of carboxylic acids is 1. The van der Waals surface area contributed by atoms with E-state index in [1.807, 2.05) is 0 Å². The van der Waals surface area contributed by atoms with E-state index in [9.17, 15) is 14.0 Å². The average Bonchev–Trinajstić information content (AvgIpc) is 2.80. The zero-order valence-electron chi connectivity index (χ0n) is 9.84. The van der Waals surface area contributed by atoms with Crippen molar-refractivity contribution in [2.75, 3.05) is 0 Å². The molecule has 1 heterocycles. The Labute approximate surface area is 117 Å². The van der Waals surface area contributed by atoms with Gasteiger partial charge in [0, 0.05) is 20.7 Å². The van der Waals surface area contributed by atoms with Crippen LogP contribution >= 0.6 is 23.1 Å². The number of hydrogen-bond donors (Lipinski definition) is 1. The molecule has 6 heteroatoms. The summed E-state index contributed by atoms with van der Waals surface area (Å²) in [7, 11) is 0. The molecule has 0 spiro atoms. The minimum absolute atomic E-state index is 0.195. The number of ketones is 1. The van der Waals surface area contributed by atoms with E-state index in [-0.39, 0.29) is 10.7 Å². The van der Waals surface area contributed by atoms with Gasteiger partial charge in [0.15, 0.2) is 5.78 Å². The topological polar surface area (TPSA) is 54.4 Å². The number of carbonyl (C=O) groups excluding carboxylic acids is 1. The number of carboxylic acid groups (broad SMARTS) is 1. The third-order valence-electron chi connectivity index (χ3n) is 2.35. The fourth-order valence-corrected chi connectivity index (χ4v) is 3.16. The lowest BCUT2D eigenvalue weighted by atomic mass is 10.1. The molecule has 0 radical (unpaired) electrons. The Hall–Kier alpha value is -1.66. The van der Waals surface area contributed by atoms with E-state index in [1.165, 1.54) is 25.1 Å². The van der Waals surface area contributed by atoms with E-state index >= 15 is 0 Å². The number of aromatic carboxylic acids is 1. The molecule has 0 saturated heterocycles. The SMILES string of the molecule is CC(=O)c1ccc(Sc2csc(C(=O)O)c2)c(F)c1. The molecule has 1 N–H and O–H groups in total. The van der Waals surface area contributed by atoms with Crippen LogP contribution in [0.1, 0.15) is 27.0 Å². The maximum Gasteiger partial charge on any atom is 0.345 e. The normalized spacial score (nSPS) is 10.4. The van der Waals surface area contributed by atoms with Gasteiger partial charge in [-0.05, 0) is 25.1 Å². The van der Waals surface area contributed by atoms with Gasteiger partial charge in [-0.25, -0.2) is 9.18 Å². The lowest BCUT2D eigenvalue weighted by Crippen LogP contribution is -1.93. The standard InChI is InChI=1S/C13H9FO3S2/c1-7(15)8-2-3-11(10(14)4-8)19-9-5-12(13(16)17)18-6-9/h2-6H,1H3,(H,16,17). The predicted molar refractivity (Wildman–Crippen MR) is 71.8 cm³/mol. The van der Waals surface area contributed by atoms with Crippen LogP contribution in [0.15, 0.2) is 39.4 Å². The Bertz CT molecular complexity index is 649. The Balaban J connectivity index is 2.23. The average molecular weight is 296 g/mol. The third kappa shape index (κ3) is 3.21. The molecule has 2 aromatic rings. The van der Waals surface area contributed by atoms with Gasteiger partial charge in [-0.2, -0.15) is 0 Å². The number of halogens is 1. The molecular weight excluding hydrogens is 287 g/mol. The molecule has 0 fully saturated rings. The molecule has 1 aromatic heterocycles. The first-order valence-corrected chi connectivity index (χ1v) is 6.97. The molecule has 98 valence electrons. The Kier molecular flexibility index (Phi) is 4.01. The molecular formula is C13H9FO3S2. The zero-order valence-corrected chi connectivity index (χ0v) is 11.5. The van der Waals surface area contributed by atoms with Crippen LogP contribution in [-0.4, -0.2) is 16.9 Å². The second kappa shape index (κ2) is 5.54. The van der Waals surface area contributed by atoms with Crippen LogP contribution in [0.25, 0.3) is 0 Å². The highest BCUT2D eigenvalue weighted by Gasteiger charge is 2.11. The van der Waals surface area contributed by atoms with E-state index in [4.69, 9.17) is 5.11 Å². The first-order valence-electron chi connectivity index (χ1n) is 5.27. The number of benzene rings is 1. The van der Waals surface area contributed by atoms with Crippen molar-refractivity contribution in [1.29, 1.82) is 0 Å². The summed E-state index contributed by atoms with van der Waals surface area (Å²) in [5.74, 6) is -1.68. The largest absolute Gasteiger partial charge is 0.477 e. The number of carbonyl (C=O) groups is 2. The number of thiophene rings is 1. The summed E-state index contributed by atoms with van der Waals surface area (Å²) in [6.45, 7) is 1.37. The molecule has 0 unspecified atom stereocenters. The van der Waals surface area contributed by atoms with Crippen molar-refractivity contribution in [3.8, 4) is 0 Å². The van der Waals surface area contributed by atoms with Crippen molar-refractivity contribution < 1.29 is 19.1 Å². The molecule has 0 amide bonds. The summed E-state index contributed by atoms with van der Waals surface area (Å²) in [5.41, 5.74) is 0.318. The zero-order chi connectivity index (χ0) is 14.0. The van der Waals surface area contributed by atoms with E-state index in [2.05, 4.69) is 0 Å². The van der Waals surface area contributed by atoms with Gasteiger partial charge in [0.25, 0.3) is 0 Å². The van der Waals surface area contributed by atoms with Crippen molar-refractivity contribution in [2.45, 2.75) is 16.7 Å². The van der Waals surface area contributed by atoms with Crippen molar-refractivity contribution in [2.24, 2.45) is 0 Å². The molecule has 2 rings (SSSR count). The molecule has 0 saturated carbocycles. The highest BCUT2D eigenvalue weighted by atomic mass is 32.2. The maximum absolute atomic E-state index is 13.8. The van der Waals surface area contributed by atoms with Crippen molar-refractivity contribution in [1.82, 2.24) is 0 Å². The number of rotatable bonds is 4. The van der Waals surface area contributed by atoms with Crippen LogP contribution in [0.4, 0.5) is 4.39 Å². The molecule has 19 heavy (non-hydrogen) atoms. The Morgan fingerprint density at radius 1 is 1.32 bits per heavy atom. The maximum atomic E-state index is 13.8. The van der Waals surface area contributed by atoms with Crippen LogP contribution in [-0.2, 0) is 0 Å². The van der Waals surface area contributed by atoms with Gasteiger partial charge in [0.2, 0.25) is 0 Å². The van der Waals surface area contributed by atoms with Crippen molar-refractivity contribution in [3.05, 3.63) is 45.9 Å². The second-order valence-electron chi connectivity index (χ2n) is 3.76. The number of Topliss-reactive ketones (excluding diaryl/α,β-unsaturated/α-hetero) is 1. The molecule has 0 aliphatic rings. The summed E-state index contributed by atoms with van der Waals surface area (Å²) in [6.07, 6.45) is 0. The summed E-state index contributed by atoms with van der Waals surface area (Å²) in [5, 5.41) is 10.5. The Morgan fingerprint density at radius 2 is 2.05 bits per heavy atom. The molecule has 1 aromatic carbocycles. The van der Waals surface area contributed by atoms with Gasteiger partial charge in [0.05, 0.1) is 0 Å². The second-order valence-corrected chi connectivity index (χ2v) is 5.78. The summed E-state index contributed by atoms with van der Waals surface area (Å²) in [4.78, 5) is 23.1. The van der Waals surface area contributed by atoms with Gasteiger partial charge in [-0.15, -0.1) is 11.3 Å². The van der Waals surface area contributed by atoms with E-state index in [0.29, 0.717) is 15.4 Å². The highest BCUT2D eigenvalue weighted by molar-refractivity contribution is 7.99. The molecule has 3 nitrogen and oxygen atoms in total. The Morgan fingerprint density at radius 3 is 2.58 bits per heavy atom. The number of hydrogen-bond acceptors (Lipinski definition) is 4. The molecule has 0 bridgehead atoms. The predicted octanol–water partition coefficient (Wildman–Crippen LogP) is 3.94. The fourth-order valence-electron chi connectivity index (χ4n) is 1.41. The lowest BCUT2D eigenvalue weighted by Gasteiger charge is -2.02. The van der Waals surface area contributed by atoms with E-state index in [1.54, 1.807) is 11.4 Å². The van der Waals surface area contributed by atoms with Crippen LogP contribution < -0.4 is 0 Å². The van der Waals surface area contributed by atoms with Gasteiger partial charge < -0.3 is 5.11 Å². The summed E-state index contributed by atoms with van der Waals surface area (Å²) in [6, 6.07) is 5.76. The minimum Gasteiger partial charge on any atom is -0.477 e. The van der Waals surface area contributed by atoms with Crippen LogP contribution in [0, 0.1) is 5.82 Å². The van der Waals surface area contributed by atoms with Gasteiger partial charge in [-0.3, -0.25) is 4.79 Å². The monoisotopic (exact) mass is 296 g/mol. The highest BCUT2D eigenvalue weighted by Crippen LogP contribution is 2.33. The smallest absolute Gasteiger partial charge is 0.345 e. The lowest BCUT2D eigenvalue weighted by molar-refractivity contribution is 0.0701. The minimum atomic E-state index is -0.996. The van der Waals surface area contributed by atoms with E-state index < -0.39 is 11.8 Å². The third-order valence-corrected chi connectivity index (χ3v) is 4.44. The summed E-state index contributed by atoms with van der Waals surface area (Å²) >= 11 is 2.23. The fraction of sp³-hybridized carbons (Fsp3) is 0.0769. The molecule has 0 aliphatic carbocycles. The molecule has 0 aliphatic heterocycles. The van der Waals surface area contributed by atoms with E-state index in [0.717, 1.165) is 23.1 Å². The van der Waals surface area contributed by atoms with Crippen LogP contribution in [0.3, 0.4) is 0 Å².